The summed E-state index contributed by atoms with van der Waals surface area (Å²) in [5.41, 5.74) is 7.88. The van der Waals surface area contributed by atoms with Crippen LogP contribution in [0.3, 0.4) is 0 Å². The second-order valence-corrected chi connectivity index (χ2v) is 4.34. The minimum atomic E-state index is 0.0639. The molecule has 1 aromatic heterocycles. The van der Waals surface area contributed by atoms with Gasteiger partial charge in [0, 0.05) is 12.0 Å². The number of ketones is 1. The van der Waals surface area contributed by atoms with Crippen LogP contribution in [0.15, 0.2) is 34.8 Å². The Morgan fingerprint density at radius 2 is 2.16 bits per heavy atom. The van der Waals surface area contributed by atoms with E-state index in [4.69, 9.17) is 14.9 Å². The van der Waals surface area contributed by atoms with E-state index < -0.39 is 0 Å². The molecule has 0 saturated heterocycles. The average molecular weight is 255 g/mol. The van der Waals surface area contributed by atoms with E-state index in [-0.39, 0.29) is 5.78 Å². The third-order valence-corrected chi connectivity index (χ3v) is 3.19. The highest BCUT2D eigenvalue weighted by atomic mass is 16.5. The largest absolute Gasteiger partial charge is 0.495 e. The highest BCUT2D eigenvalue weighted by Gasteiger charge is 2.20. The first-order valence-corrected chi connectivity index (χ1v) is 5.97. The first kappa shape index (κ1) is 11.6. The molecule has 1 aromatic carbocycles. The Labute approximate surface area is 110 Å². The summed E-state index contributed by atoms with van der Waals surface area (Å²) in [6.45, 7) is 0. The van der Waals surface area contributed by atoms with E-state index in [1.165, 1.54) is 0 Å². The highest BCUT2D eigenvalue weighted by Crippen LogP contribution is 2.36. The molecule has 0 fully saturated rings. The van der Waals surface area contributed by atoms with Crippen LogP contribution < -0.4 is 10.5 Å². The van der Waals surface area contributed by atoms with E-state index in [0.29, 0.717) is 34.9 Å². The average Bonchev–Trinajstić information content (AvgIpc) is 2.84. The van der Waals surface area contributed by atoms with Crippen LogP contribution in [0, 0.1) is 0 Å². The second kappa shape index (κ2) is 4.31. The molecule has 1 aliphatic carbocycles. The summed E-state index contributed by atoms with van der Waals surface area (Å²) in [5, 5.41) is 0. The first-order chi connectivity index (χ1) is 9.20. The third-order valence-electron chi connectivity index (χ3n) is 3.19. The number of allylic oxidation sites excluding steroid dienone is 1. The van der Waals surface area contributed by atoms with E-state index in [1.54, 1.807) is 25.3 Å². The summed E-state index contributed by atoms with van der Waals surface area (Å²) in [6.07, 6.45) is 4.03. The van der Waals surface area contributed by atoms with Gasteiger partial charge in [0.2, 0.25) is 0 Å². The number of furan rings is 1. The number of ether oxygens (including phenoxy) is 1. The molecule has 3 rings (SSSR count). The lowest BCUT2D eigenvalue weighted by Crippen LogP contribution is -2.00. The number of benzene rings is 1. The molecule has 0 bridgehead atoms. The van der Waals surface area contributed by atoms with Gasteiger partial charge in [0.05, 0.1) is 18.4 Å². The van der Waals surface area contributed by atoms with Gasteiger partial charge in [-0.1, -0.05) is 12.1 Å². The molecular formula is C15H13NO3. The van der Waals surface area contributed by atoms with E-state index >= 15 is 0 Å². The van der Waals surface area contributed by atoms with Gasteiger partial charge in [-0.2, -0.15) is 0 Å². The van der Waals surface area contributed by atoms with E-state index in [1.807, 2.05) is 18.2 Å². The molecule has 0 amide bonds. The Kier molecular flexibility index (Phi) is 2.63. The van der Waals surface area contributed by atoms with Crippen molar-refractivity contribution < 1.29 is 13.9 Å². The predicted octanol–water partition coefficient (Wildman–Crippen LogP) is 3.14. The molecule has 0 spiro atoms. The van der Waals surface area contributed by atoms with Crippen LogP contribution in [0.4, 0.5) is 5.69 Å². The summed E-state index contributed by atoms with van der Waals surface area (Å²) in [6, 6.07) is 7.21. The Balaban J connectivity index is 2.14. The minimum absolute atomic E-state index is 0.0639. The lowest BCUT2D eigenvalue weighted by molar-refractivity contribution is 0.0993. The molecule has 2 N–H and O–H groups in total. The molecule has 0 atom stereocenters. The second-order valence-electron chi connectivity index (χ2n) is 4.34. The zero-order chi connectivity index (χ0) is 13.4. The van der Waals surface area contributed by atoms with Crippen molar-refractivity contribution in [3.05, 3.63) is 41.7 Å². The maximum Gasteiger partial charge on any atom is 0.170 e. The summed E-state index contributed by atoms with van der Waals surface area (Å²) in [5.74, 6) is 1.83. The number of anilines is 1. The molecule has 1 heterocycles. The number of carbonyl (C=O) groups excluding carboxylic acids is 1. The molecule has 0 aliphatic heterocycles. The summed E-state index contributed by atoms with van der Waals surface area (Å²) in [4.78, 5) is 11.8. The molecule has 1 aliphatic rings. The number of para-hydroxylation sites is 1. The van der Waals surface area contributed by atoms with E-state index in [0.717, 1.165) is 5.56 Å². The predicted molar refractivity (Wildman–Crippen MR) is 73.1 cm³/mol. The molecule has 0 radical (unpaired) electrons. The molecule has 2 aromatic rings. The van der Waals surface area contributed by atoms with Gasteiger partial charge in [-0.3, -0.25) is 4.79 Å². The lowest BCUT2D eigenvalue weighted by atomic mass is 10.0. The zero-order valence-electron chi connectivity index (χ0n) is 10.5. The van der Waals surface area contributed by atoms with Crippen LogP contribution >= 0.6 is 0 Å². The van der Waals surface area contributed by atoms with Gasteiger partial charge in [0.1, 0.15) is 17.3 Å². The van der Waals surface area contributed by atoms with Crippen molar-refractivity contribution in [3.8, 4) is 17.1 Å². The Hall–Kier alpha value is -2.49. The summed E-state index contributed by atoms with van der Waals surface area (Å²) >= 11 is 0. The van der Waals surface area contributed by atoms with Crippen LogP contribution in [0.1, 0.15) is 22.5 Å². The fourth-order valence-corrected chi connectivity index (χ4v) is 2.20. The maximum absolute atomic E-state index is 11.8. The minimum Gasteiger partial charge on any atom is -0.495 e. The standard InChI is InChI=1S/C15H13NO3/c1-18-13-7-2-4-9(15(13)16)14-8-10-11(17)5-3-6-12(10)19-14/h2-4,6-8H,5,16H2,1H3. The molecule has 0 saturated carbocycles. The van der Waals surface area contributed by atoms with Gasteiger partial charge in [-0.05, 0) is 24.3 Å². The molecule has 19 heavy (non-hydrogen) atoms. The van der Waals surface area contributed by atoms with Gasteiger partial charge in [0.15, 0.2) is 5.78 Å². The Morgan fingerprint density at radius 3 is 2.89 bits per heavy atom. The number of carbonyl (C=O) groups is 1. The highest BCUT2D eigenvalue weighted by molar-refractivity contribution is 6.03. The first-order valence-electron chi connectivity index (χ1n) is 5.97. The Morgan fingerprint density at radius 1 is 1.32 bits per heavy atom. The maximum atomic E-state index is 11.8. The number of hydrogen-bond acceptors (Lipinski definition) is 4. The van der Waals surface area contributed by atoms with Crippen molar-refractivity contribution in [1.29, 1.82) is 0 Å². The van der Waals surface area contributed by atoms with Crippen molar-refractivity contribution in [1.82, 2.24) is 0 Å². The SMILES string of the molecule is COc1cccc(-c2cc3c(o2)C=CCC3=O)c1N. The van der Waals surface area contributed by atoms with Crippen LogP contribution in [-0.4, -0.2) is 12.9 Å². The van der Waals surface area contributed by atoms with E-state index in [2.05, 4.69) is 0 Å². The van der Waals surface area contributed by atoms with Gasteiger partial charge in [-0.25, -0.2) is 0 Å². The van der Waals surface area contributed by atoms with Crippen molar-refractivity contribution >= 4 is 17.5 Å². The Bertz CT molecular complexity index is 683. The monoisotopic (exact) mass is 255 g/mol. The van der Waals surface area contributed by atoms with Crippen LogP contribution in [0.5, 0.6) is 5.75 Å². The molecule has 4 nitrogen and oxygen atoms in total. The van der Waals surface area contributed by atoms with Gasteiger partial charge < -0.3 is 14.9 Å². The van der Waals surface area contributed by atoms with Crippen LogP contribution in [0.25, 0.3) is 17.4 Å². The fourth-order valence-electron chi connectivity index (χ4n) is 2.20. The zero-order valence-corrected chi connectivity index (χ0v) is 10.5. The topological polar surface area (TPSA) is 65.5 Å². The number of methoxy groups -OCH3 is 1. The van der Waals surface area contributed by atoms with Gasteiger partial charge in [-0.15, -0.1) is 0 Å². The van der Waals surface area contributed by atoms with Gasteiger partial charge in [0.25, 0.3) is 0 Å². The molecular weight excluding hydrogens is 242 g/mol. The van der Waals surface area contributed by atoms with Crippen LogP contribution in [-0.2, 0) is 0 Å². The summed E-state index contributed by atoms with van der Waals surface area (Å²) < 4.78 is 10.9. The van der Waals surface area contributed by atoms with Crippen molar-refractivity contribution in [2.24, 2.45) is 0 Å². The quantitative estimate of drug-likeness (QED) is 0.837. The number of Topliss-reactive ketones (excluding diaryl/α,β-unsaturated/α-hetero) is 1. The number of hydrogen-bond donors (Lipinski definition) is 1. The smallest absolute Gasteiger partial charge is 0.170 e. The normalized spacial score (nSPS) is 13.4. The summed E-state index contributed by atoms with van der Waals surface area (Å²) in [7, 11) is 1.56. The lowest BCUT2D eigenvalue weighted by Gasteiger charge is -2.07. The van der Waals surface area contributed by atoms with Crippen LogP contribution in [0.2, 0.25) is 0 Å². The van der Waals surface area contributed by atoms with Crippen molar-refractivity contribution in [2.75, 3.05) is 12.8 Å². The molecule has 0 unspecified atom stereocenters. The molecule has 4 heteroatoms. The number of nitrogens with two attached hydrogens (primary N) is 1. The number of nitrogen functional groups attached to an aromatic ring is 1. The van der Waals surface area contributed by atoms with Gasteiger partial charge >= 0.3 is 0 Å². The van der Waals surface area contributed by atoms with Crippen molar-refractivity contribution in [2.45, 2.75) is 6.42 Å². The van der Waals surface area contributed by atoms with Crippen molar-refractivity contribution in [3.63, 3.8) is 0 Å². The molecule has 96 valence electrons. The third kappa shape index (κ3) is 1.81. The number of fused-ring (bicyclic) bond motifs is 1. The number of rotatable bonds is 2. The van der Waals surface area contributed by atoms with E-state index in [9.17, 15) is 4.79 Å². The fraction of sp³-hybridized carbons (Fsp3) is 0.133.